The van der Waals surface area contributed by atoms with Crippen LogP contribution in [-0.4, -0.2) is 16.5 Å². The van der Waals surface area contributed by atoms with Gasteiger partial charge in [0.15, 0.2) is 0 Å². The first-order valence-corrected chi connectivity index (χ1v) is 5.83. The van der Waals surface area contributed by atoms with Gasteiger partial charge in [-0.05, 0) is 31.5 Å². The Morgan fingerprint density at radius 3 is 2.78 bits per heavy atom. The van der Waals surface area contributed by atoms with Crippen molar-refractivity contribution in [2.45, 2.75) is 25.1 Å². The maximum absolute atomic E-state index is 12.6. The Labute approximate surface area is 101 Å². The molecular formula is C12H12F3N3. The first kappa shape index (κ1) is 11.5. The van der Waals surface area contributed by atoms with E-state index < -0.39 is 11.7 Å². The Hall–Kier alpha value is -1.56. The molecule has 2 aromatic rings. The Balaban J connectivity index is 2.01. The van der Waals surface area contributed by atoms with E-state index in [4.69, 9.17) is 0 Å². The van der Waals surface area contributed by atoms with Gasteiger partial charge < -0.3 is 10.3 Å². The van der Waals surface area contributed by atoms with Crippen molar-refractivity contribution in [1.82, 2.24) is 15.3 Å². The lowest BCUT2D eigenvalue weighted by atomic mass is 10.1. The quantitative estimate of drug-likeness (QED) is 0.822. The summed E-state index contributed by atoms with van der Waals surface area (Å²) < 4.78 is 37.7. The van der Waals surface area contributed by atoms with Gasteiger partial charge in [-0.1, -0.05) is 0 Å². The van der Waals surface area contributed by atoms with Crippen molar-refractivity contribution in [3.63, 3.8) is 0 Å². The average molecular weight is 255 g/mol. The second-order valence-electron chi connectivity index (χ2n) is 4.53. The number of aromatic amines is 1. The Bertz CT molecular complexity index is 567. The van der Waals surface area contributed by atoms with Crippen molar-refractivity contribution in [2.75, 3.05) is 6.54 Å². The van der Waals surface area contributed by atoms with Crippen LogP contribution in [0.5, 0.6) is 0 Å². The highest BCUT2D eigenvalue weighted by molar-refractivity contribution is 5.77. The molecule has 6 heteroatoms. The standard InChI is InChI=1S/C12H12F3N3/c13-12(14,15)8-4-7-5-10(9-2-1-3-16-9)18-11(7)17-6-8/h4-6,9,16H,1-3H2,(H,17,18). The van der Waals surface area contributed by atoms with Crippen LogP contribution >= 0.6 is 0 Å². The number of aromatic nitrogens is 2. The van der Waals surface area contributed by atoms with E-state index in [1.54, 1.807) is 6.07 Å². The van der Waals surface area contributed by atoms with Crippen LogP contribution in [0.3, 0.4) is 0 Å². The number of pyridine rings is 1. The highest BCUT2D eigenvalue weighted by Gasteiger charge is 2.31. The van der Waals surface area contributed by atoms with E-state index in [-0.39, 0.29) is 6.04 Å². The number of rotatable bonds is 1. The van der Waals surface area contributed by atoms with Crippen LogP contribution in [0.15, 0.2) is 18.3 Å². The number of nitrogens with one attached hydrogen (secondary N) is 2. The number of halogens is 3. The maximum Gasteiger partial charge on any atom is 0.417 e. The molecule has 1 saturated heterocycles. The summed E-state index contributed by atoms with van der Waals surface area (Å²) in [7, 11) is 0. The molecule has 0 radical (unpaired) electrons. The Kier molecular flexibility index (Phi) is 2.55. The molecule has 96 valence electrons. The van der Waals surface area contributed by atoms with Gasteiger partial charge in [0.25, 0.3) is 0 Å². The van der Waals surface area contributed by atoms with Crippen molar-refractivity contribution < 1.29 is 13.2 Å². The molecule has 2 aromatic heterocycles. The third-order valence-electron chi connectivity index (χ3n) is 3.25. The van der Waals surface area contributed by atoms with Gasteiger partial charge in [-0.25, -0.2) is 4.98 Å². The van der Waals surface area contributed by atoms with E-state index in [1.165, 1.54) is 0 Å². The summed E-state index contributed by atoms with van der Waals surface area (Å²) in [4.78, 5) is 6.91. The van der Waals surface area contributed by atoms with Crippen molar-refractivity contribution in [1.29, 1.82) is 0 Å². The summed E-state index contributed by atoms with van der Waals surface area (Å²) in [6.45, 7) is 0.946. The Morgan fingerprint density at radius 1 is 1.28 bits per heavy atom. The van der Waals surface area contributed by atoms with E-state index in [0.717, 1.165) is 37.3 Å². The second-order valence-corrected chi connectivity index (χ2v) is 4.53. The first-order chi connectivity index (χ1) is 8.54. The molecule has 0 amide bonds. The van der Waals surface area contributed by atoms with Crippen molar-refractivity contribution in [3.8, 4) is 0 Å². The van der Waals surface area contributed by atoms with Gasteiger partial charge in [-0.15, -0.1) is 0 Å². The summed E-state index contributed by atoms with van der Waals surface area (Å²) in [5.74, 6) is 0. The van der Waals surface area contributed by atoms with Crippen molar-refractivity contribution in [2.24, 2.45) is 0 Å². The third-order valence-corrected chi connectivity index (χ3v) is 3.25. The molecule has 1 atom stereocenters. The van der Waals surface area contributed by atoms with E-state index in [1.807, 2.05) is 0 Å². The maximum atomic E-state index is 12.6. The number of fused-ring (bicyclic) bond motifs is 1. The largest absolute Gasteiger partial charge is 0.417 e. The molecule has 0 saturated carbocycles. The van der Waals surface area contributed by atoms with Crippen molar-refractivity contribution in [3.05, 3.63) is 29.6 Å². The minimum atomic E-state index is -4.34. The van der Waals surface area contributed by atoms with Crippen LogP contribution in [0.25, 0.3) is 11.0 Å². The summed E-state index contributed by atoms with van der Waals surface area (Å²) >= 11 is 0. The summed E-state index contributed by atoms with van der Waals surface area (Å²) in [5, 5.41) is 3.81. The molecule has 1 aliphatic rings. The van der Waals surface area contributed by atoms with Gasteiger partial charge in [0.1, 0.15) is 5.65 Å². The lowest BCUT2D eigenvalue weighted by Crippen LogP contribution is -2.12. The average Bonchev–Trinajstić information content (AvgIpc) is 2.95. The predicted molar refractivity (Wildman–Crippen MR) is 61.1 cm³/mol. The van der Waals surface area contributed by atoms with Crippen LogP contribution < -0.4 is 5.32 Å². The fourth-order valence-electron chi connectivity index (χ4n) is 2.33. The molecular weight excluding hydrogens is 243 g/mol. The monoisotopic (exact) mass is 255 g/mol. The minimum absolute atomic E-state index is 0.202. The van der Waals surface area contributed by atoms with Crippen LogP contribution in [-0.2, 0) is 6.18 Å². The second kappa shape index (κ2) is 3.98. The molecule has 3 nitrogen and oxygen atoms in total. The molecule has 18 heavy (non-hydrogen) atoms. The van der Waals surface area contributed by atoms with Crippen molar-refractivity contribution >= 4 is 11.0 Å². The normalized spacial score (nSPS) is 20.7. The Morgan fingerprint density at radius 2 is 2.11 bits per heavy atom. The molecule has 0 bridgehead atoms. The SMILES string of the molecule is FC(F)(F)c1cnc2[nH]c(C3CCCN3)cc2c1. The molecule has 1 fully saturated rings. The van der Waals surface area contributed by atoms with Crippen LogP contribution in [0, 0.1) is 0 Å². The molecule has 0 spiro atoms. The van der Waals surface area contributed by atoms with Crippen LogP contribution in [0.2, 0.25) is 0 Å². The minimum Gasteiger partial charge on any atom is -0.342 e. The van der Waals surface area contributed by atoms with Gasteiger partial charge >= 0.3 is 6.18 Å². The number of H-pyrrole nitrogens is 1. The molecule has 3 rings (SSSR count). The van der Waals surface area contributed by atoms with E-state index in [0.29, 0.717) is 11.0 Å². The fraction of sp³-hybridized carbons (Fsp3) is 0.417. The lowest BCUT2D eigenvalue weighted by molar-refractivity contribution is -0.137. The van der Waals surface area contributed by atoms with Crippen LogP contribution in [0.1, 0.15) is 30.1 Å². The molecule has 3 heterocycles. The highest BCUT2D eigenvalue weighted by Crippen LogP contribution is 2.31. The molecule has 2 N–H and O–H groups in total. The zero-order valence-electron chi connectivity index (χ0n) is 9.51. The highest BCUT2D eigenvalue weighted by atomic mass is 19.4. The predicted octanol–water partition coefficient (Wildman–Crippen LogP) is 3.01. The zero-order valence-corrected chi connectivity index (χ0v) is 9.51. The number of alkyl halides is 3. The number of hydrogen-bond acceptors (Lipinski definition) is 2. The number of nitrogens with zero attached hydrogens (tertiary/aromatic N) is 1. The van der Waals surface area contributed by atoms with E-state index in [9.17, 15) is 13.2 Å². The zero-order chi connectivity index (χ0) is 12.8. The van der Waals surface area contributed by atoms with Gasteiger partial charge in [0.05, 0.1) is 5.56 Å². The van der Waals surface area contributed by atoms with Gasteiger partial charge in [0.2, 0.25) is 0 Å². The smallest absolute Gasteiger partial charge is 0.342 e. The van der Waals surface area contributed by atoms with Gasteiger partial charge in [-0.2, -0.15) is 13.2 Å². The third kappa shape index (κ3) is 1.96. The fourth-order valence-corrected chi connectivity index (χ4v) is 2.33. The molecule has 1 aliphatic heterocycles. The van der Waals surface area contributed by atoms with E-state index in [2.05, 4.69) is 15.3 Å². The van der Waals surface area contributed by atoms with Crippen LogP contribution in [0.4, 0.5) is 13.2 Å². The lowest BCUT2D eigenvalue weighted by Gasteiger charge is -2.05. The summed E-state index contributed by atoms with van der Waals surface area (Å²) in [6, 6.07) is 3.09. The van der Waals surface area contributed by atoms with Gasteiger partial charge in [0, 0.05) is 23.3 Å². The topological polar surface area (TPSA) is 40.7 Å². The van der Waals surface area contributed by atoms with E-state index >= 15 is 0 Å². The molecule has 1 unspecified atom stereocenters. The van der Waals surface area contributed by atoms with Gasteiger partial charge in [-0.3, -0.25) is 0 Å². The summed E-state index contributed by atoms with van der Waals surface area (Å²) in [5.41, 5.74) is 0.709. The number of hydrogen-bond donors (Lipinski definition) is 2. The molecule has 0 aliphatic carbocycles. The summed E-state index contributed by atoms with van der Waals surface area (Å²) in [6.07, 6.45) is -1.39. The first-order valence-electron chi connectivity index (χ1n) is 5.83. The molecule has 0 aromatic carbocycles.